The molecule has 0 radical (unpaired) electrons. The Morgan fingerprint density at radius 3 is 2.50 bits per heavy atom. The van der Waals surface area contributed by atoms with Gasteiger partial charge in [0.2, 0.25) is 0 Å². The maximum atomic E-state index is 13.2. The van der Waals surface area contributed by atoms with Gasteiger partial charge in [0.05, 0.1) is 24.1 Å². The summed E-state index contributed by atoms with van der Waals surface area (Å²) in [5, 5.41) is 4.41. The van der Waals surface area contributed by atoms with Crippen LogP contribution in [-0.2, 0) is 6.54 Å². The Hall–Kier alpha value is -3.88. The normalized spacial score (nSPS) is 11.2. The second-order valence-electron chi connectivity index (χ2n) is 7.05. The smallest absolute Gasteiger partial charge is 0.264 e. The van der Waals surface area contributed by atoms with Crippen molar-refractivity contribution in [2.75, 3.05) is 0 Å². The van der Waals surface area contributed by atoms with Gasteiger partial charge >= 0.3 is 0 Å². The summed E-state index contributed by atoms with van der Waals surface area (Å²) in [4.78, 5) is 44.7. The van der Waals surface area contributed by atoms with Crippen molar-refractivity contribution in [3.05, 3.63) is 75.5 Å². The molecule has 1 aromatic carbocycles. The van der Waals surface area contributed by atoms with E-state index in [-0.39, 0.29) is 29.3 Å². The summed E-state index contributed by atoms with van der Waals surface area (Å²) >= 11 is 0. The van der Waals surface area contributed by atoms with Crippen LogP contribution in [0.25, 0.3) is 16.7 Å². The van der Waals surface area contributed by atoms with Gasteiger partial charge in [-0.2, -0.15) is 5.10 Å². The SMILES string of the molecule is CC(=O)c1c(C)[nH]c(C(=O)Cn2cnc3c(cnn3-c3ccc(F)cc3)c2=O)c1C. The maximum absolute atomic E-state index is 13.2. The minimum atomic E-state index is -0.422. The van der Waals surface area contributed by atoms with Crippen molar-refractivity contribution in [1.82, 2.24) is 24.3 Å². The lowest BCUT2D eigenvalue weighted by Crippen LogP contribution is -2.25. The Kier molecular flexibility index (Phi) is 4.65. The Labute approximate surface area is 170 Å². The van der Waals surface area contributed by atoms with Crippen LogP contribution in [0.15, 0.2) is 41.6 Å². The minimum Gasteiger partial charge on any atom is -0.355 e. The van der Waals surface area contributed by atoms with E-state index in [1.54, 1.807) is 13.8 Å². The number of carbonyl (C=O) groups excluding carboxylic acids is 2. The van der Waals surface area contributed by atoms with Crippen LogP contribution in [0.5, 0.6) is 0 Å². The summed E-state index contributed by atoms with van der Waals surface area (Å²) in [6.45, 7) is 4.63. The number of halogens is 1. The molecule has 3 aromatic heterocycles. The zero-order valence-electron chi connectivity index (χ0n) is 16.6. The van der Waals surface area contributed by atoms with E-state index in [0.29, 0.717) is 33.8 Å². The van der Waals surface area contributed by atoms with Gasteiger partial charge in [0.15, 0.2) is 17.2 Å². The summed E-state index contributed by atoms with van der Waals surface area (Å²) in [6.07, 6.45) is 2.65. The molecule has 0 bridgehead atoms. The number of nitrogens with one attached hydrogen (secondary N) is 1. The Bertz CT molecular complexity index is 1360. The van der Waals surface area contributed by atoms with Crippen LogP contribution in [0.3, 0.4) is 0 Å². The molecule has 0 atom stereocenters. The number of aryl methyl sites for hydroxylation is 1. The van der Waals surface area contributed by atoms with Crippen molar-refractivity contribution in [3.8, 4) is 5.69 Å². The number of aromatic amines is 1. The van der Waals surface area contributed by atoms with E-state index in [1.807, 2.05) is 0 Å². The van der Waals surface area contributed by atoms with Crippen LogP contribution in [-0.4, -0.2) is 35.9 Å². The van der Waals surface area contributed by atoms with Gasteiger partial charge in [-0.15, -0.1) is 0 Å². The first-order chi connectivity index (χ1) is 14.3. The summed E-state index contributed by atoms with van der Waals surface area (Å²) in [5.41, 5.74) is 2.41. The van der Waals surface area contributed by atoms with Crippen LogP contribution in [0.4, 0.5) is 4.39 Å². The van der Waals surface area contributed by atoms with Gasteiger partial charge in [0, 0.05) is 11.3 Å². The number of fused-ring (bicyclic) bond motifs is 1. The van der Waals surface area contributed by atoms with E-state index in [1.165, 1.54) is 53.0 Å². The number of rotatable bonds is 5. The molecule has 30 heavy (non-hydrogen) atoms. The van der Waals surface area contributed by atoms with E-state index in [0.717, 1.165) is 0 Å². The lowest BCUT2D eigenvalue weighted by molar-refractivity contribution is 0.0965. The third kappa shape index (κ3) is 3.14. The number of Topliss-reactive ketones (excluding diaryl/α,β-unsaturated/α-hetero) is 2. The Morgan fingerprint density at radius 1 is 1.17 bits per heavy atom. The topological polar surface area (TPSA) is 103 Å². The Morgan fingerprint density at radius 2 is 1.87 bits per heavy atom. The predicted octanol–water partition coefficient (Wildman–Crippen LogP) is 2.75. The Balaban J connectivity index is 1.70. The number of H-pyrrole nitrogens is 1. The molecule has 3 heterocycles. The summed E-state index contributed by atoms with van der Waals surface area (Å²) < 4.78 is 15.8. The van der Waals surface area contributed by atoms with E-state index < -0.39 is 5.56 Å². The van der Waals surface area contributed by atoms with E-state index >= 15 is 0 Å². The van der Waals surface area contributed by atoms with Crippen LogP contribution >= 0.6 is 0 Å². The zero-order chi connectivity index (χ0) is 21.6. The first kappa shape index (κ1) is 19.4. The second-order valence-corrected chi connectivity index (χ2v) is 7.05. The van der Waals surface area contributed by atoms with Crippen molar-refractivity contribution in [1.29, 1.82) is 0 Å². The maximum Gasteiger partial charge on any atom is 0.264 e. The molecule has 0 spiro atoms. The molecule has 4 aromatic rings. The van der Waals surface area contributed by atoms with Crippen LogP contribution < -0.4 is 5.56 Å². The largest absolute Gasteiger partial charge is 0.355 e. The summed E-state index contributed by atoms with van der Waals surface area (Å²) in [6, 6.07) is 5.64. The molecule has 0 saturated heterocycles. The number of hydrogen-bond donors (Lipinski definition) is 1. The third-order valence-electron chi connectivity index (χ3n) is 5.01. The molecule has 8 nitrogen and oxygen atoms in total. The van der Waals surface area contributed by atoms with Gasteiger partial charge in [-0.25, -0.2) is 14.1 Å². The summed E-state index contributed by atoms with van der Waals surface area (Å²) in [5.74, 6) is -0.849. The number of aromatic nitrogens is 5. The molecule has 0 amide bonds. The molecule has 1 N–H and O–H groups in total. The van der Waals surface area contributed by atoms with Gasteiger partial charge in [-0.3, -0.25) is 19.0 Å². The van der Waals surface area contributed by atoms with Crippen molar-refractivity contribution in [2.24, 2.45) is 0 Å². The molecule has 9 heteroatoms. The molecule has 0 fully saturated rings. The first-order valence-corrected chi connectivity index (χ1v) is 9.20. The first-order valence-electron chi connectivity index (χ1n) is 9.20. The molecule has 0 aliphatic rings. The van der Waals surface area contributed by atoms with Crippen LogP contribution in [0.1, 0.15) is 39.0 Å². The quantitative estimate of drug-likeness (QED) is 0.513. The van der Waals surface area contributed by atoms with Crippen molar-refractivity contribution in [2.45, 2.75) is 27.3 Å². The number of ketones is 2. The third-order valence-corrected chi connectivity index (χ3v) is 5.01. The second kappa shape index (κ2) is 7.18. The molecule has 0 aliphatic heterocycles. The fourth-order valence-electron chi connectivity index (χ4n) is 3.62. The van der Waals surface area contributed by atoms with Gasteiger partial charge in [0.25, 0.3) is 5.56 Å². The predicted molar refractivity (Wildman–Crippen MR) is 108 cm³/mol. The molecule has 0 unspecified atom stereocenters. The highest BCUT2D eigenvalue weighted by Gasteiger charge is 2.21. The molecule has 0 saturated carbocycles. The summed E-state index contributed by atoms with van der Waals surface area (Å²) in [7, 11) is 0. The molecular formula is C21H18FN5O3. The number of carbonyl (C=O) groups is 2. The highest BCUT2D eigenvalue weighted by Crippen LogP contribution is 2.19. The monoisotopic (exact) mass is 407 g/mol. The van der Waals surface area contributed by atoms with Crippen LogP contribution in [0.2, 0.25) is 0 Å². The molecule has 152 valence electrons. The van der Waals surface area contributed by atoms with Crippen molar-refractivity contribution >= 4 is 22.6 Å². The van der Waals surface area contributed by atoms with Gasteiger partial charge in [0.1, 0.15) is 17.5 Å². The van der Waals surface area contributed by atoms with Crippen LogP contribution in [0, 0.1) is 19.7 Å². The fourth-order valence-corrected chi connectivity index (χ4v) is 3.62. The van der Waals surface area contributed by atoms with Gasteiger partial charge in [-0.1, -0.05) is 0 Å². The number of hydrogen-bond acceptors (Lipinski definition) is 5. The standard InChI is InChI=1S/C21H18FN5O3/c1-11-18(13(3)28)12(2)25-19(11)17(29)9-26-10-23-20-16(21(26)30)8-24-27(20)15-6-4-14(22)5-7-15/h4-8,10,25H,9H2,1-3H3. The fraction of sp³-hybridized carbons (Fsp3) is 0.190. The average molecular weight is 407 g/mol. The van der Waals surface area contributed by atoms with E-state index in [9.17, 15) is 18.8 Å². The molecule has 0 aliphatic carbocycles. The van der Waals surface area contributed by atoms with Gasteiger partial charge < -0.3 is 4.98 Å². The zero-order valence-corrected chi connectivity index (χ0v) is 16.6. The van der Waals surface area contributed by atoms with E-state index in [4.69, 9.17) is 0 Å². The number of nitrogens with zero attached hydrogens (tertiary/aromatic N) is 4. The van der Waals surface area contributed by atoms with E-state index in [2.05, 4.69) is 15.1 Å². The lowest BCUT2D eigenvalue weighted by atomic mass is 10.1. The van der Waals surface area contributed by atoms with Crippen molar-refractivity contribution in [3.63, 3.8) is 0 Å². The molecule has 4 rings (SSSR count). The number of benzene rings is 1. The molecular weight excluding hydrogens is 389 g/mol. The lowest BCUT2D eigenvalue weighted by Gasteiger charge is -2.06. The van der Waals surface area contributed by atoms with Crippen molar-refractivity contribution < 1.29 is 14.0 Å². The minimum absolute atomic E-state index is 0.131. The highest BCUT2D eigenvalue weighted by atomic mass is 19.1. The van der Waals surface area contributed by atoms with Gasteiger partial charge in [-0.05, 0) is 50.6 Å². The average Bonchev–Trinajstić information content (AvgIpc) is 3.26. The highest BCUT2D eigenvalue weighted by molar-refractivity contribution is 6.03.